The van der Waals surface area contributed by atoms with Crippen LogP contribution < -0.4 is 0 Å². The van der Waals surface area contributed by atoms with Gasteiger partial charge in [-0.25, -0.2) is 0 Å². The van der Waals surface area contributed by atoms with E-state index >= 15 is 0 Å². The molecule has 1 aromatic carbocycles. The van der Waals surface area contributed by atoms with Gasteiger partial charge in [0.2, 0.25) is 0 Å². The van der Waals surface area contributed by atoms with Crippen LogP contribution in [-0.4, -0.2) is 48.9 Å². The first kappa shape index (κ1) is 16.8. The van der Waals surface area contributed by atoms with Crippen LogP contribution in [0.15, 0.2) is 22.7 Å². The SMILES string of the molecule is CN(C)CCN(C(=O)c1ccc(Cl)cc1Br)C1CCCC1. The summed E-state index contributed by atoms with van der Waals surface area (Å²) < 4.78 is 0.771. The van der Waals surface area contributed by atoms with Crippen molar-refractivity contribution in [3.63, 3.8) is 0 Å². The molecule has 0 aromatic heterocycles. The van der Waals surface area contributed by atoms with E-state index in [2.05, 4.69) is 20.8 Å². The van der Waals surface area contributed by atoms with Gasteiger partial charge in [-0.3, -0.25) is 4.79 Å². The van der Waals surface area contributed by atoms with Crippen LogP contribution in [0.3, 0.4) is 0 Å². The molecule has 2 rings (SSSR count). The number of nitrogens with zero attached hydrogens (tertiary/aromatic N) is 2. The Morgan fingerprint density at radius 1 is 1.29 bits per heavy atom. The van der Waals surface area contributed by atoms with Crippen LogP contribution in [0.25, 0.3) is 0 Å². The molecule has 0 heterocycles. The average Bonchev–Trinajstić information content (AvgIpc) is 2.92. The molecular formula is C16H22BrClN2O. The number of carbonyl (C=O) groups is 1. The molecule has 1 amide bonds. The molecule has 0 bridgehead atoms. The zero-order valence-corrected chi connectivity index (χ0v) is 15.0. The summed E-state index contributed by atoms with van der Waals surface area (Å²) in [6.07, 6.45) is 4.67. The molecule has 0 radical (unpaired) electrons. The Morgan fingerprint density at radius 3 is 2.52 bits per heavy atom. The van der Waals surface area contributed by atoms with E-state index in [1.807, 2.05) is 25.1 Å². The van der Waals surface area contributed by atoms with Gasteiger partial charge in [-0.1, -0.05) is 24.4 Å². The van der Waals surface area contributed by atoms with Gasteiger partial charge in [0.05, 0.1) is 5.56 Å². The minimum Gasteiger partial charge on any atom is -0.334 e. The Morgan fingerprint density at radius 2 is 1.95 bits per heavy atom. The molecular weight excluding hydrogens is 352 g/mol. The fourth-order valence-electron chi connectivity index (χ4n) is 2.79. The quantitative estimate of drug-likeness (QED) is 0.777. The van der Waals surface area contributed by atoms with Crippen LogP contribution in [0.2, 0.25) is 5.02 Å². The van der Waals surface area contributed by atoms with E-state index in [4.69, 9.17) is 11.6 Å². The first-order valence-corrected chi connectivity index (χ1v) is 8.57. The lowest BCUT2D eigenvalue weighted by Crippen LogP contribution is -2.42. The largest absolute Gasteiger partial charge is 0.334 e. The van der Waals surface area contributed by atoms with Gasteiger partial charge in [0.15, 0.2) is 0 Å². The summed E-state index contributed by atoms with van der Waals surface area (Å²) in [5.41, 5.74) is 0.699. The first-order valence-electron chi connectivity index (χ1n) is 7.40. The summed E-state index contributed by atoms with van der Waals surface area (Å²) in [5.74, 6) is 0.104. The fraction of sp³-hybridized carbons (Fsp3) is 0.562. The minimum atomic E-state index is 0.104. The van der Waals surface area contributed by atoms with Crippen LogP contribution in [0.5, 0.6) is 0 Å². The van der Waals surface area contributed by atoms with Crippen molar-refractivity contribution in [2.75, 3.05) is 27.2 Å². The number of halogens is 2. The molecule has 0 saturated heterocycles. The molecule has 1 saturated carbocycles. The van der Waals surface area contributed by atoms with Crippen LogP contribution >= 0.6 is 27.5 Å². The van der Waals surface area contributed by atoms with E-state index in [1.54, 1.807) is 12.1 Å². The van der Waals surface area contributed by atoms with Gasteiger partial charge in [0.25, 0.3) is 5.91 Å². The van der Waals surface area contributed by atoms with E-state index in [9.17, 15) is 4.79 Å². The number of benzene rings is 1. The average molecular weight is 374 g/mol. The summed E-state index contributed by atoms with van der Waals surface area (Å²) in [6, 6.07) is 5.75. The van der Waals surface area contributed by atoms with E-state index < -0.39 is 0 Å². The Hall–Kier alpha value is -0.580. The lowest BCUT2D eigenvalue weighted by atomic mass is 10.1. The van der Waals surface area contributed by atoms with Gasteiger partial charge in [0, 0.05) is 28.6 Å². The Labute approximate surface area is 140 Å². The highest BCUT2D eigenvalue weighted by Crippen LogP contribution is 2.28. The second-order valence-corrected chi connectivity index (χ2v) is 7.16. The highest BCUT2D eigenvalue weighted by molar-refractivity contribution is 9.10. The summed E-state index contributed by atoms with van der Waals surface area (Å²) in [4.78, 5) is 17.1. The predicted molar refractivity (Wildman–Crippen MR) is 91.0 cm³/mol. The van der Waals surface area contributed by atoms with Gasteiger partial charge in [-0.05, 0) is 61.1 Å². The fourth-order valence-corrected chi connectivity index (χ4v) is 3.64. The first-order chi connectivity index (χ1) is 9.99. The number of rotatable bonds is 5. The normalized spacial score (nSPS) is 15.7. The summed E-state index contributed by atoms with van der Waals surface area (Å²) >= 11 is 9.43. The molecule has 116 valence electrons. The van der Waals surface area contributed by atoms with Crippen molar-refractivity contribution < 1.29 is 4.79 Å². The van der Waals surface area contributed by atoms with Crippen LogP contribution in [0.1, 0.15) is 36.0 Å². The molecule has 1 aliphatic carbocycles. The summed E-state index contributed by atoms with van der Waals surface area (Å²) in [5, 5.41) is 0.638. The third kappa shape index (κ3) is 4.44. The van der Waals surface area contributed by atoms with E-state index in [1.165, 1.54) is 12.8 Å². The number of hydrogen-bond donors (Lipinski definition) is 0. The maximum absolute atomic E-state index is 12.9. The monoisotopic (exact) mass is 372 g/mol. The second-order valence-electron chi connectivity index (χ2n) is 5.86. The Bertz CT molecular complexity index is 501. The van der Waals surface area contributed by atoms with Crippen LogP contribution in [0, 0.1) is 0 Å². The Kier molecular flexibility index (Phi) is 6.08. The van der Waals surface area contributed by atoms with Crippen LogP contribution in [0.4, 0.5) is 0 Å². The van der Waals surface area contributed by atoms with E-state index in [-0.39, 0.29) is 5.91 Å². The third-order valence-corrected chi connectivity index (χ3v) is 4.87. The van der Waals surface area contributed by atoms with Crippen molar-refractivity contribution in [2.45, 2.75) is 31.7 Å². The minimum absolute atomic E-state index is 0.104. The van der Waals surface area contributed by atoms with Gasteiger partial charge >= 0.3 is 0 Å². The van der Waals surface area contributed by atoms with Gasteiger partial charge in [-0.15, -0.1) is 0 Å². The maximum atomic E-state index is 12.9. The molecule has 0 aliphatic heterocycles. The standard InChI is InChI=1S/C16H22BrClN2O/c1-19(2)9-10-20(13-5-3-4-6-13)16(21)14-8-7-12(18)11-15(14)17/h7-8,11,13H,3-6,9-10H2,1-2H3. The molecule has 3 nitrogen and oxygen atoms in total. The number of amides is 1. The molecule has 1 aliphatic rings. The zero-order chi connectivity index (χ0) is 15.4. The van der Waals surface area contributed by atoms with Crippen molar-refractivity contribution in [1.82, 2.24) is 9.80 Å². The molecule has 0 atom stereocenters. The lowest BCUT2D eigenvalue weighted by molar-refractivity contribution is 0.0666. The maximum Gasteiger partial charge on any atom is 0.255 e. The van der Waals surface area contributed by atoms with Crippen molar-refractivity contribution >= 4 is 33.4 Å². The van der Waals surface area contributed by atoms with Crippen LogP contribution in [-0.2, 0) is 0 Å². The lowest BCUT2D eigenvalue weighted by Gasteiger charge is -2.30. The molecule has 0 spiro atoms. The Balaban J connectivity index is 2.19. The third-order valence-electron chi connectivity index (χ3n) is 3.98. The van der Waals surface area contributed by atoms with Crippen molar-refractivity contribution in [3.8, 4) is 0 Å². The molecule has 1 aromatic rings. The highest BCUT2D eigenvalue weighted by Gasteiger charge is 2.28. The highest BCUT2D eigenvalue weighted by atomic mass is 79.9. The molecule has 0 unspecified atom stereocenters. The van der Waals surface area contributed by atoms with E-state index in [0.29, 0.717) is 16.6 Å². The molecule has 5 heteroatoms. The van der Waals surface area contributed by atoms with Crippen molar-refractivity contribution in [3.05, 3.63) is 33.3 Å². The molecule has 1 fully saturated rings. The zero-order valence-electron chi connectivity index (χ0n) is 12.6. The number of likely N-dealkylation sites (N-methyl/N-ethyl adjacent to an activating group) is 1. The second kappa shape index (κ2) is 7.61. The van der Waals surface area contributed by atoms with Gasteiger partial charge in [0.1, 0.15) is 0 Å². The number of hydrogen-bond acceptors (Lipinski definition) is 2. The number of carbonyl (C=O) groups excluding carboxylic acids is 1. The van der Waals surface area contributed by atoms with E-state index in [0.717, 1.165) is 30.4 Å². The predicted octanol–water partition coefficient (Wildman–Crippen LogP) is 4.05. The topological polar surface area (TPSA) is 23.6 Å². The molecule has 0 N–H and O–H groups in total. The van der Waals surface area contributed by atoms with Crippen molar-refractivity contribution in [2.24, 2.45) is 0 Å². The van der Waals surface area contributed by atoms with Gasteiger partial charge < -0.3 is 9.80 Å². The summed E-state index contributed by atoms with van der Waals surface area (Å²) in [7, 11) is 4.07. The van der Waals surface area contributed by atoms with Crippen molar-refractivity contribution in [1.29, 1.82) is 0 Å². The smallest absolute Gasteiger partial charge is 0.255 e. The van der Waals surface area contributed by atoms with Gasteiger partial charge in [-0.2, -0.15) is 0 Å². The molecule has 21 heavy (non-hydrogen) atoms. The summed E-state index contributed by atoms with van der Waals surface area (Å²) in [6.45, 7) is 1.65.